The van der Waals surface area contributed by atoms with Crippen molar-refractivity contribution in [2.75, 3.05) is 26.4 Å². The van der Waals surface area contributed by atoms with Crippen LogP contribution in [0.25, 0.3) is 0 Å². The second kappa shape index (κ2) is 24.9. The van der Waals surface area contributed by atoms with Crippen LogP contribution in [0.2, 0.25) is 0 Å². The lowest BCUT2D eigenvalue weighted by Crippen LogP contribution is -2.57. The minimum absolute atomic E-state index is 0. The molecule has 16 heteroatoms. The van der Waals surface area contributed by atoms with Gasteiger partial charge in [-0.25, -0.2) is 0 Å². The molecule has 3 saturated heterocycles. The van der Waals surface area contributed by atoms with Crippen molar-refractivity contribution in [3.8, 4) is 0 Å². The van der Waals surface area contributed by atoms with Gasteiger partial charge in [-0.2, -0.15) is 0 Å². The highest BCUT2D eigenvalue weighted by atomic mass is 16.6. The maximum Gasteiger partial charge on any atom is 0.311 e. The molecule has 3 heterocycles. The third-order valence-corrected chi connectivity index (χ3v) is 11.5. The van der Waals surface area contributed by atoms with Crippen LogP contribution in [0.15, 0.2) is 0 Å². The summed E-state index contributed by atoms with van der Waals surface area (Å²) in [6.45, 7) is 14.3. The molecule has 5 aliphatic rings. The standard InChI is InChI=1S/2C20H30O8.4CH4/c1-5-19(2,3)18(24)26-11-10-25-15(21)6-7-16(22)27-14-12-13-8-9-20(14,4)28-17(13)23;1-5-13(2)17(23)26-11-10-25-15(21)6-7-16(22)27-19(3)9-8-14-12-20(19,4)28-18(14)24;;;;/h2*13-14H,5-12H2,1-4H3;4*1H4. The van der Waals surface area contributed by atoms with E-state index in [4.69, 9.17) is 37.9 Å². The minimum Gasteiger partial charge on any atom is -0.462 e. The van der Waals surface area contributed by atoms with E-state index in [0.29, 0.717) is 44.9 Å². The molecular formula is C44H76O16. The molecule has 2 aliphatic carbocycles. The normalized spacial score (nSPS) is 26.1. The summed E-state index contributed by atoms with van der Waals surface area (Å²) in [5, 5.41) is 0. The zero-order valence-corrected chi connectivity index (χ0v) is 34.2. The third-order valence-electron chi connectivity index (χ3n) is 11.5. The summed E-state index contributed by atoms with van der Waals surface area (Å²) in [5.41, 5.74) is -3.08. The van der Waals surface area contributed by atoms with E-state index in [9.17, 15) is 38.4 Å². The van der Waals surface area contributed by atoms with Gasteiger partial charge in [0, 0.05) is 12.8 Å². The highest BCUT2D eigenvalue weighted by Gasteiger charge is 2.60. The number of fused-ring (bicyclic) bond motifs is 5. The summed E-state index contributed by atoms with van der Waals surface area (Å²) in [6, 6.07) is 0. The lowest BCUT2D eigenvalue weighted by molar-refractivity contribution is -0.218. The van der Waals surface area contributed by atoms with Gasteiger partial charge in [0.1, 0.15) is 49.3 Å². The van der Waals surface area contributed by atoms with Gasteiger partial charge in [0.05, 0.1) is 48.9 Å². The Morgan fingerprint density at radius 2 is 1.20 bits per heavy atom. The fraction of sp³-hybridized carbons (Fsp3) is 0.818. The van der Waals surface area contributed by atoms with Crippen molar-refractivity contribution in [2.24, 2.45) is 23.2 Å². The molecular weight excluding hydrogens is 784 g/mol. The largest absolute Gasteiger partial charge is 0.462 e. The van der Waals surface area contributed by atoms with Crippen molar-refractivity contribution in [2.45, 2.75) is 185 Å². The minimum atomic E-state index is -0.902. The summed E-state index contributed by atoms with van der Waals surface area (Å²) in [6.07, 6.45) is 3.91. The molecule has 4 bridgehead atoms. The van der Waals surface area contributed by atoms with Gasteiger partial charge in [-0.15, -0.1) is 0 Å². The van der Waals surface area contributed by atoms with Crippen molar-refractivity contribution >= 4 is 47.8 Å². The maximum atomic E-state index is 12.2. The van der Waals surface area contributed by atoms with Gasteiger partial charge in [0.25, 0.3) is 0 Å². The van der Waals surface area contributed by atoms with Crippen LogP contribution in [0.3, 0.4) is 0 Å². The molecule has 3 aliphatic heterocycles. The van der Waals surface area contributed by atoms with Crippen LogP contribution in [0.5, 0.6) is 0 Å². The first-order chi connectivity index (χ1) is 26.2. The molecule has 0 aromatic heterocycles. The van der Waals surface area contributed by atoms with Crippen LogP contribution in [-0.4, -0.2) is 97.1 Å². The fourth-order valence-corrected chi connectivity index (χ4v) is 6.69. The molecule has 16 nitrogen and oxygen atoms in total. The Kier molecular flexibility index (Phi) is 24.0. The summed E-state index contributed by atoms with van der Waals surface area (Å²) in [5.74, 6) is -3.86. The Hall–Kier alpha value is -4.24. The highest BCUT2D eigenvalue weighted by Crippen LogP contribution is 2.50. The van der Waals surface area contributed by atoms with Gasteiger partial charge in [0.15, 0.2) is 0 Å². The average molecular weight is 861 g/mol. The number of hydrogen-bond acceptors (Lipinski definition) is 16. The summed E-state index contributed by atoms with van der Waals surface area (Å²) in [7, 11) is 0. The molecule has 0 N–H and O–H groups in total. The topological polar surface area (TPSA) is 210 Å². The van der Waals surface area contributed by atoms with Gasteiger partial charge in [-0.05, 0) is 73.1 Å². The van der Waals surface area contributed by atoms with E-state index in [1.54, 1.807) is 41.5 Å². The average Bonchev–Trinajstić information content (AvgIpc) is 3.42. The number of carbonyl (C=O) groups excluding carboxylic acids is 8. The molecule has 0 spiro atoms. The van der Waals surface area contributed by atoms with Crippen molar-refractivity contribution in [3.05, 3.63) is 0 Å². The molecule has 7 atom stereocenters. The molecule has 5 fully saturated rings. The monoisotopic (exact) mass is 861 g/mol. The lowest BCUT2D eigenvalue weighted by Gasteiger charge is -2.47. The van der Waals surface area contributed by atoms with Crippen LogP contribution < -0.4 is 0 Å². The molecule has 0 radical (unpaired) electrons. The van der Waals surface area contributed by atoms with Crippen LogP contribution in [-0.2, 0) is 76.3 Å². The van der Waals surface area contributed by atoms with Crippen LogP contribution in [0.1, 0.15) is 162 Å². The van der Waals surface area contributed by atoms with Gasteiger partial charge < -0.3 is 37.9 Å². The molecule has 2 saturated carbocycles. The number of hydrogen-bond donors (Lipinski definition) is 0. The Morgan fingerprint density at radius 1 is 0.700 bits per heavy atom. The zero-order valence-electron chi connectivity index (χ0n) is 34.2. The Labute approximate surface area is 358 Å². The first kappa shape index (κ1) is 57.9. The summed E-state index contributed by atoms with van der Waals surface area (Å²) >= 11 is 0. The summed E-state index contributed by atoms with van der Waals surface area (Å²) in [4.78, 5) is 94.5. The smallest absolute Gasteiger partial charge is 0.311 e. The third kappa shape index (κ3) is 15.7. The Balaban J connectivity index is 0. The Bertz CT molecular complexity index is 1470. The van der Waals surface area contributed by atoms with Gasteiger partial charge in [-0.3, -0.25) is 38.4 Å². The molecule has 7 unspecified atom stereocenters. The molecule has 0 amide bonds. The fourth-order valence-electron chi connectivity index (χ4n) is 6.69. The second-order valence-electron chi connectivity index (χ2n) is 16.3. The van der Waals surface area contributed by atoms with E-state index in [1.165, 1.54) is 0 Å². The van der Waals surface area contributed by atoms with Crippen LogP contribution >= 0.6 is 0 Å². The quantitative estimate of drug-likeness (QED) is 0.0759. The molecule has 348 valence electrons. The Morgan fingerprint density at radius 3 is 1.73 bits per heavy atom. The van der Waals surface area contributed by atoms with Crippen LogP contribution in [0.4, 0.5) is 0 Å². The SMILES string of the molecule is C.C.C.C.CCC(C)(C)C(=O)OCCOC(=O)CCC(=O)OC1CC2CCC1(C)OC2=O.CCC(C)C(=O)OCCOC(=O)CCC(=O)OC1(C)CCC2CC1(C)OC2=O. The van der Waals surface area contributed by atoms with Crippen molar-refractivity contribution < 1.29 is 76.3 Å². The van der Waals surface area contributed by atoms with Gasteiger partial charge in [-0.1, -0.05) is 50.5 Å². The first-order valence-electron chi connectivity index (χ1n) is 19.7. The van der Waals surface area contributed by atoms with E-state index >= 15 is 0 Å². The first-order valence-corrected chi connectivity index (χ1v) is 19.7. The number of rotatable bonds is 18. The van der Waals surface area contributed by atoms with Crippen molar-refractivity contribution in [1.29, 1.82) is 0 Å². The molecule has 0 aromatic rings. The van der Waals surface area contributed by atoms with Crippen molar-refractivity contribution in [3.63, 3.8) is 0 Å². The molecule has 60 heavy (non-hydrogen) atoms. The maximum absolute atomic E-state index is 12.2. The zero-order chi connectivity index (χ0) is 41.9. The molecule has 5 rings (SSSR count). The molecule has 0 aromatic carbocycles. The summed E-state index contributed by atoms with van der Waals surface area (Å²) < 4.78 is 41.9. The predicted octanol–water partition coefficient (Wildman–Crippen LogP) is 7.18. The predicted molar refractivity (Wildman–Crippen MR) is 221 cm³/mol. The lowest BCUT2D eigenvalue weighted by atomic mass is 9.71. The van der Waals surface area contributed by atoms with E-state index in [-0.39, 0.29) is 123 Å². The van der Waals surface area contributed by atoms with Gasteiger partial charge >= 0.3 is 47.8 Å². The van der Waals surface area contributed by atoms with Crippen LogP contribution in [0, 0.1) is 23.2 Å². The van der Waals surface area contributed by atoms with E-state index in [1.807, 2.05) is 13.8 Å². The second-order valence-corrected chi connectivity index (χ2v) is 16.3. The number of carbonyl (C=O) groups is 8. The van der Waals surface area contributed by atoms with E-state index < -0.39 is 52.2 Å². The number of ether oxygens (including phenoxy) is 8. The van der Waals surface area contributed by atoms with Gasteiger partial charge in [0.2, 0.25) is 0 Å². The van der Waals surface area contributed by atoms with E-state index in [0.717, 1.165) is 6.42 Å². The highest BCUT2D eigenvalue weighted by molar-refractivity contribution is 5.80. The van der Waals surface area contributed by atoms with Crippen molar-refractivity contribution in [1.82, 2.24) is 0 Å². The number of esters is 8. The van der Waals surface area contributed by atoms with E-state index in [2.05, 4.69) is 0 Å².